The Morgan fingerprint density at radius 1 is 1.44 bits per heavy atom. The smallest absolute Gasteiger partial charge is 0.137 e. The highest BCUT2D eigenvalue weighted by Gasteiger charge is 2.08. The van der Waals surface area contributed by atoms with Gasteiger partial charge in [-0.15, -0.1) is 0 Å². The summed E-state index contributed by atoms with van der Waals surface area (Å²) in [5.74, 6) is 2.14. The number of ether oxygens (including phenoxy) is 1. The molecule has 0 fully saturated rings. The Morgan fingerprint density at radius 2 is 2.19 bits per heavy atom. The fraction of sp³-hybridized carbons (Fsp3) is 0.538. The fourth-order valence-corrected chi connectivity index (χ4v) is 2.14. The van der Waals surface area contributed by atoms with Gasteiger partial charge in [-0.2, -0.15) is 12.6 Å². The second-order valence-electron chi connectivity index (χ2n) is 4.08. The summed E-state index contributed by atoms with van der Waals surface area (Å²) >= 11 is 10.4. The predicted molar refractivity (Wildman–Crippen MR) is 73.9 cm³/mol. The molecule has 3 heteroatoms. The van der Waals surface area contributed by atoms with E-state index in [0.717, 1.165) is 29.9 Å². The standard InChI is InChI=1S/C13H19ClOS/c1-3-4-11(9-16)8-15-13-6-5-10(2)7-12(13)14/h5-7,11,16H,3-4,8-9H2,1-2H3. The summed E-state index contributed by atoms with van der Waals surface area (Å²) in [5, 5.41) is 0.689. The van der Waals surface area contributed by atoms with Crippen molar-refractivity contribution in [2.75, 3.05) is 12.4 Å². The first-order chi connectivity index (χ1) is 7.67. The average Bonchev–Trinajstić information content (AvgIpc) is 2.26. The normalized spacial score (nSPS) is 12.5. The summed E-state index contributed by atoms with van der Waals surface area (Å²) < 4.78 is 5.72. The minimum atomic E-state index is 0.505. The van der Waals surface area contributed by atoms with Gasteiger partial charge >= 0.3 is 0 Å². The quantitative estimate of drug-likeness (QED) is 0.746. The van der Waals surface area contributed by atoms with Crippen LogP contribution >= 0.6 is 24.2 Å². The first kappa shape index (κ1) is 13.7. The maximum absolute atomic E-state index is 6.09. The van der Waals surface area contributed by atoms with Gasteiger partial charge in [0.05, 0.1) is 11.6 Å². The molecule has 1 unspecified atom stereocenters. The lowest BCUT2D eigenvalue weighted by atomic mass is 10.1. The van der Waals surface area contributed by atoms with Crippen LogP contribution in [0, 0.1) is 12.8 Å². The lowest BCUT2D eigenvalue weighted by Crippen LogP contribution is -2.13. The van der Waals surface area contributed by atoms with E-state index in [1.807, 2.05) is 25.1 Å². The molecule has 0 radical (unpaired) electrons. The van der Waals surface area contributed by atoms with Crippen molar-refractivity contribution in [3.63, 3.8) is 0 Å². The van der Waals surface area contributed by atoms with E-state index in [2.05, 4.69) is 19.6 Å². The van der Waals surface area contributed by atoms with Gasteiger partial charge in [0.15, 0.2) is 0 Å². The van der Waals surface area contributed by atoms with Gasteiger partial charge in [-0.25, -0.2) is 0 Å². The van der Waals surface area contributed by atoms with Crippen LogP contribution in [0.1, 0.15) is 25.3 Å². The number of hydrogen-bond donors (Lipinski definition) is 1. The lowest BCUT2D eigenvalue weighted by Gasteiger charge is -2.15. The number of thiol groups is 1. The van der Waals surface area contributed by atoms with Crippen molar-refractivity contribution in [1.29, 1.82) is 0 Å². The molecular weight excluding hydrogens is 240 g/mol. The molecule has 1 nitrogen and oxygen atoms in total. The van der Waals surface area contributed by atoms with Crippen molar-refractivity contribution in [1.82, 2.24) is 0 Å². The van der Waals surface area contributed by atoms with Crippen LogP contribution in [-0.4, -0.2) is 12.4 Å². The summed E-state index contributed by atoms with van der Waals surface area (Å²) in [6, 6.07) is 5.86. The van der Waals surface area contributed by atoms with Crippen LogP contribution < -0.4 is 4.74 Å². The number of halogens is 1. The van der Waals surface area contributed by atoms with E-state index in [-0.39, 0.29) is 0 Å². The Bertz CT molecular complexity index is 328. The van der Waals surface area contributed by atoms with E-state index < -0.39 is 0 Å². The molecule has 1 aromatic rings. The van der Waals surface area contributed by atoms with Crippen molar-refractivity contribution < 1.29 is 4.74 Å². The second-order valence-corrected chi connectivity index (χ2v) is 4.85. The van der Waals surface area contributed by atoms with Gasteiger partial charge in [0.1, 0.15) is 5.75 Å². The van der Waals surface area contributed by atoms with E-state index in [4.69, 9.17) is 16.3 Å². The van der Waals surface area contributed by atoms with E-state index in [0.29, 0.717) is 17.5 Å². The Morgan fingerprint density at radius 3 is 2.75 bits per heavy atom. The van der Waals surface area contributed by atoms with Gasteiger partial charge < -0.3 is 4.74 Å². The van der Waals surface area contributed by atoms with Gasteiger partial charge in [0.25, 0.3) is 0 Å². The SMILES string of the molecule is CCCC(CS)COc1ccc(C)cc1Cl. The summed E-state index contributed by atoms with van der Waals surface area (Å²) in [4.78, 5) is 0. The van der Waals surface area contributed by atoms with Gasteiger partial charge in [-0.3, -0.25) is 0 Å². The van der Waals surface area contributed by atoms with Crippen LogP contribution in [-0.2, 0) is 0 Å². The fourth-order valence-electron chi connectivity index (χ4n) is 1.57. The van der Waals surface area contributed by atoms with Crippen LogP contribution in [0.3, 0.4) is 0 Å². The van der Waals surface area contributed by atoms with Crippen LogP contribution in [0.5, 0.6) is 5.75 Å². The van der Waals surface area contributed by atoms with Crippen molar-refractivity contribution in [2.45, 2.75) is 26.7 Å². The molecule has 16 heavy (non-hydrogen) atoms. The zero-order chi connectivity index (χ0) is 12.0. The minimum absolute atomic E-state index is 0.505. The summed E-state index contributed by atoms with van der Waals surface area (Å²) in [6.07, 6.45) is 2.31. The molecular formula is C13H19ClOS. The molecule has 0 aliphatic heterocycles. The molecule has 0 saturated heterocycles. The monoisotopic (exact) mass is 258 g/mol. The first-order valence-corrected chi connectivity index (χ1v) is 6.68. The summed E-state index contributed by atoms with van der Waals surface area (Å²) in [5.41, 5.74) is 1.15. The first-order valence-electron chi connectivity index (χ1n) is 5.67. The molecule has 1 rings (SSSR count). The van der Waals surface area contributed by atoms with Crippen molar-refractivity contribution >= 4 is 24.2 Å². The zero-order valence-corrected chi connectivity index (χ0v) is 11.5. The average molecular weight is 259 g/mol. The molecule has 0 aliphatic carbocycles. The van der Waals surface area contributed by atoms with Crippen LogP contribution in [0.15, 0.2) is 18.2 Å². The van der Waals surface area contributed by atoms with Gasteiger partial charge in [0, 0.05) is 5.92 Å². The Labute approximate surface area is 109 Å². The lowest BCUT2D eigenvalue weighted by molar-refractivity contribution is 0.254. The Balaban J connectivity index is 2.53. The second kappa shape index (κ2) is 7.08. The van der Waals surface area contributed by atoms with E-state index in [9.17, 15) is 0 Å². The third-order valence-corrected chi connectivity index (χ3v) is 3.33. The molecule has 0 heterocycles. The summed E-state index contributed by atoms with van der Waals surface area (Å²) in [6.45, 7) is 4.89. The summed E-state index contributed by atoms with van der Waals surface area (Å²) in [7, 11) is 0. The van der Waals surface area contributed by atoms with Gasteiger partial charge in [-0.1, -0.05) is 31.0 Å². The minimum Gasteiger partial charge on any atom is -0.492 e. The Hall–Kier alpha value is -0.340. The van der Waals surface area contributed by atoms with Crippen molar-refractivity contribution in [3.8, 4) is 5.75 Å². The molecule has 0 spiro atoms. The van der Waals surface area contributed by atoms with Crippen LogP contribution in [0.2, 0.25) is 5.02 Å². The zero-order valence-electron chi connectivity index (χ0n) is 9.87. The number of hydrogen-bond acceptors (Lipinski definition) is 2. The van der Waals surface area contributed by atoms with Crippen molar-refractivity contribution in [2.24, 2.45) is 5.92 Å². The van der Waals surface area contributed by atoms with Crippen LogP contribution in [0.25, 0.3) is 0 Å². The highest BCUT2D eigenvalue weighted by atomic mass is 35.5. The molecule has 0 saturated carbocycles. The van der Waals surface area contributed by atoms with E-state index >= 15 is 0 Å². The third kappa shape index (κ3) is 4.26. The molecule has 0 bridgehead atoms. The molecule has 90 valence electrons. The van der Waals surface area contributed by atoms with E-state index in [1.54, 1.807) is 0 Å². The highest BCUT2D eigenvalue weighted by Crippen LogP contribution is 2.26. The van der Waals surface area contributed by atoms with Gasteiger partial charge in [0.2, 0.25) is 0 Å². The molecule has 0 aromatic heterocycles. The number of rotatable bonds is 6. The maximum atomic E-state index is 6.09. The predicted octanol–water partition coefficient (Wildman–Crippen LogP) is 4.37. The van der Waals surface area contributed by atoms with Crippen LogP contribution in [0.4, 0.5) is 0 Å². The molecule has 0 aliphatic rings. The number of benzene rings is 1. The largest absolute Gasteiger partial charge is 0.492 e. The Kier molecular flexibility index (Phi) is 6.07. The highest BCUT2D eigenvalue weighted by molar-refractivity contribution is 7.80. The topological polar surface area (TPSA) is 9.23 Å². The van der Waals surface area contributed by atoms with Gasteiger partial charge in [-0.05, 0) is 36.8 Å². The molecule has 0 amide bonds. The van der Waals surface area contributed by atoms with Crippen molar-refractivity contribution in [3.05, 3.63) is 28.8 Å². The third-order valence-electron chi connectivity index (χ3n) is 2.52. The molecule has 0 N–H and O–H groups in total. The maximum Gasteiger partial charge on any atom is 0.137 e. The van der Waals surface area contributed by atoms with E-state index in [1.165, 1.54) is 0 Å². The number of aryl methyl sites for hydroxylation is 1. The molecule has 1 atom stereocenters. The molecule has 1 aromatic carbocycles.